The average molecular weight is 340 g/mol. The number of fused-ring (bicyclic) bond motifs is 1. The summed E-state index contributed by atoms with van der Waals surface area (Å²) in [6.07, 6.45) is 4.73. The molecular weight excluding hydrogens is 322 g/mol. The molecule has 1 aliphatic carbocycles. The van der Waals surface area contributed by atoms with Crippen LogP contribution in [0.1, 0.15) is 31.2 Å². The molecule has 5 heteroatoms. The van der Waals surface area contributed by atoms with Crippen molar-refractivity contribution in [2.75, 3.05) is 0 Å². The molecule has 1 aromatic heterocycles. The molecule has 1 fully saturated rings. The molecule has 21 heavy (non-hydrogen) atoms. The minimum absolute atomic E-state index is 0.0540. The van der Waals surface area contributed by atoms with E-state index < -0.39 is 0 Å². The molecule has 112 valence electrons. The summed E-state index contributed by atoms with van der Waals surface area (Å²) in [5.74, 6) is 1.12. The number of nitrogens with two attached hydrogens (primary N) is 1. The Morgan fingerprint density at radius 3 is 2.90 bits per heavy atom. The monoisotopic (exact) mass is 339 g/mol. The number of thiophene rings is 1. The van der Waals surface area contributed by atoms with Gasteiger partial charge >= 0.3 is 0 Å². The van der Waals surface area contributed by atoms with Crippen LogP contribution in [0.2, 0.25) is 5.02 Å². The highest BCUT2D eigenvalue weighted by Crippen LogP contribution is 2.37. The Bertz CT molecular complexity index is 649. The van der Waals surface area contributed by atoms with E-state index in [0.29, 0.717) is 5.92 Å². The van der Waals surface area contributed by atoms with E-state index in [9.17, 15) is 4.79 Å². The summed E-state index contributed by atoms with van der Waals surface area (Å²) in [5.41, 5.74) is 6.87. The molecule has 1 aliphatic rings. The summed E-state index contributed by atoms with van der Waals surface area (Å²) in [6.45, 7) is 0. The van der Waals surface area contributed by atoms with Crippen molar-refractivity contribution in [2.24, 2.45) is 11.7 Å². The highest BCUT2D eigenvalue weighted by atomic mass is 35.5. The van der Waals surface area contributed by atoms with Crippen molar-refractivity contribution in [1.82, 2.24) is 0 Å². The van der Waals surface area contributed by atoms with Gasteiger partial charge in [-0.2, -0.15) is 0 Å². The first-order valence-corrected chi connectivity index (χ1v) is 9.52. The number of hydrogen-bond acceptors (Lipinski definition) is 3. The number of carbonyl (C=O) groups excluding carboxylic acids is 1. The first-order chi connectivity index (χ1) is 10.1. The summed E-state index contributed by atoms with van der Waals surface area (Å²) < 4.78 is 1.24. The Morgan fingerprint density at radius 2 is 2.19 bits per heavy atom. The topological polar surface area (TPSA) is 43.1 Å². The molecule has 1 aromatic carbocycles. The minimum atomic E-state index is -0.163. The van der Waals surface area contributed by atoms with Crippen molar-refractivity contribution in [1.29, 1.82) is 0 Å². The maximum absolute atomic E-state index is 11.7. The Kier molecular flexibility index (Phi) is 4.77. The molecule has 0 radical (unpaired) electrons. The van der Waals surface area contributed by atoms with Gasteiger partial charge in [-0.1, -0.05) is 24.4 Å². The van der Waals surface area contributed by atoms with Crippen LogP contribution in [0.4, 0.5) is 0 Å². The van der Waals surface area contributed by atoms with E-state index in [0.717, 1.165) is 23.6 Å². The summed E-state index contributed by atoms with van der Waals surface area (Å²) in [7, 11) is 0. The van der Waals surface area contributed by atoms with Gasteiger partial charge in [0, 0.05) is 15.5 Å². The van der Waals surface area contributed by atoms with Crippen LogP contribution in [-0.2, 0) is 10.5 Å². The highest BCUT2D eigenvalue weighted by Gasteiger charge is 2.29. The number of carbonyl (C=O) groups is 1. The standard InChI is InChI=1S/C16H18ClNOS2/c17-12-5-6-14-13(7-12)11(8-20-14)9-21-15(16(18)19)10-3-1-2-4-10/h5-8,10,15H,1-4,9H2,(H2,18,19). The van der Waals surface area contributed by atoms with Gasteiger partial charge in [0.2, 0.25) is 5.91 Å². The maximum atomic E-state index is 11.7. The summed E-state index contributed by atoms with van der Waals surface area (Å²) in [4.78, 5) is 11.7. The molecule has 1 heterocycles. The number of amides is 1. The first kappa shape index (κ1) is 15.2. The van der Waals surface area contributed by atoms with Crippen LogP contribution >= 0.6 is 34.7 Å². The second-order valence-corrected chi connectivity index (χ2v) is 8.06. The molecule has 1 atom stereocenters. The Hall–Kier alpha value is -0.710. The number of benzene rings is 1. The predicted molar refractivity (Wildman–Crippen MR) is 93.1 cm³/mol. The van der Waals surface area contributed by atoms with Crippen molar-refractivity contribution in [2.45, 2.75) is 36.7 Å². The molecule has 2 aromatic rings. The van der Waals surface area contributed by atoms with E-state index in [1.54, 1.807) is 23.1 Å². The van der Waals surface area contributed by atoms with Crippen LogP contribution in [0, 0.1) is 5.92 Å². The van der Waals surface area contributed by atoms with E-state index in [2.05, 4.69) is 11.4 Å². The van der Waals surface area contributed by atoms with Gasteiger partial charge in [-0.15, -0.1) is 23.1 Å². The lowest BCUT2D eigenvalue weighted by Crippen LogP contribution is -2.31. The lowest BCUT2D eigenvalue weighted by Gasteiger charge is -2.19. The average Bonchev–Trinajstić information content (AvgIpc) is 3.09. The summed E-state index contributed by atoms with van der Waals surface area (Å²) in [6, 6.07) is 5.99. The van der Waals surface area contributed by atoms with E-state index in [-0.39, 0.29) is 11.2 Å². The molecule has 1 amide bonds. The quantitative estimate of drug-likeness (QED) is 0.847. The van der Waals surface area contributed by atoms with Crippen LogP contribution in [0.3, 0.4) is 0 Å². The third kappa shape index (κ3) is 3.38. The van der Waals surface area contributed by atoms with Gasteiger partial charge in [0.05, 0.1) is 5.25 Å². The molecule has 3 rings (SSSR count). The van der Waals surface area contributed by atoms with Gasteiger partial charge in [0.25, 0.3) is 0 Å². The van der Waals surface area contributed by atoms with E-state index in [1.807, 2.05) is 12.1 Å². The van der Waals surface area contributed by atoms with Gasteiger partial charge in [-0.05, 0) is 53.3 Å². The molecule has 0 saturated heterocycles. The lowest BCUT2D eigenvalue weighted by atomic mass is 10.0. The zero-order valence-corrected chi connectivity index (χ0v) is 14.1. The van der Waals surface area contributed by atoms with Gasteiger partial charge < -0.3 is 5.73 Å². The fourth-order valence-electron chi connectivity index (χ4n) is 3.06. The van der Waals surface area contributed by atoms with Gasteiger partial charge in [0.15, 0.2) is 0 Å². The summed E-state index contributed by atoms with van der Waals surface area (Å²) >= 11 is 9.51. The predicted octanol–water partition coefficient (Wildman–Crippen LogP) is 4.83. The van der Waals surface area contributed by atoms with Crippen LogP contribution in [0.5, 0.6) is 0 Å². The Labute approximate surface area is 138 Å². The zero-order chi connectivity index (χ0) is 14.8. The van der Waals surface area contributed by atoms with Gasteiger partial charge in [0.1, 0.15) is 0 Å². The second kappa shape index (κ2) is 6.59. The second-order valence-electron chi connectivity index (χ2n) is 5.58. The molecule has 1 saturated carbocycles. The van der Waals surface area contributed by atoms with Gasteiger partial charge in [-0.25, -0.2) is 0 Å². The molecule has 0 bridgehead atoms. The zero-order valence-electron chi connectivity index (χ0n) is 11.7. The Balaban J connectivity index is 1.75. The molecule has 2 nitrogen and oxygen atoms in total. The fraction of sp³-hybridized carbons (Fsp3) is 0.438. The molecule has 0 aliphatic heterocycles. The lowest BCUT2D eigenvalue weighted by molar-refractivity contribution is -0.118. The molecular formula is C16H18ClNOS2. The molecule has 0 spiro atoms. The third-order valence-corrected chi connectivity index (χ3v) is 6.84. The fourth-order valence-corrected chi connectivity index (χ4v) is 5.58. The van der Waals surface area contributed by atoms with Crippen LogP contribution in [0.25, 0.3) is 10.1 Å². The van der Waals surface area contributed by atoms with Crippen molar-refractivity contribution in [3.63, 3.8) is 0 Å². The smallest absolute Gasteiger partial charge is 0.230 e. The normalized spacial score (nSPS) is 17.4. The van der Waals surface area contributed by atoms with Crippen molar-refractivity contribution < 1.29 is 4.79 Å². The SMILES string of the molecule is NC(=O)C(SCc1csc2ccc(Cl)cc12)C1CCCC1. The largest absolute Gasteiger partial charge is 0.369 e. The van der Waals surface area contributed by atoms with Crippen molar-refractivity contribution in [3.8, 4) is 0 Å². The first-order valence-electron chi connectivity index (χ1n) is 7.21. The summed E-state index contributed by atoms with van der Waals surface area (Å²) in [5, 5.41) is 4.08. The minimum Gasteiger partial charge on any atom is -0.369 e. The number of thioether (sulfide) groups is 1. The number of primary amides is 1. The highest BCUT2D eigenvalue weighted by molar-refractivity contribution is 7.99. The maximum Gasteiger partial charge on any atom is 0.230 e. The number of hydrogen-bond donors (Lipinski definition) is 1. The number of rotatable bonds is 5. The molecule has 1 unspecified atom stereocenters. The van der Waals surface area contributed by atoms with E-state index in [1.165, 1.54) is 28.5 Å². The van der Waals surface area contributed by atoms with Crippen molar-refractivity contribution in [3.05, 3.63) is 34.2 Å². The third-order valence-electron chi connectivity index (χ3n) is 4.14. The van der Waals surface area contributed by atoms with Crippen LogP contribution in [-0.4, -0.2) is 11.2 Å². The van der Waals surface area contributed by atoms with Crippen molar-refractivity contribution >= 4 is 50.7 Å². The van der Waals surface area contributed by atoms with Gasteiger partial charge in [-0.3, -0.25) is 4.79 Å². The van der Waals surface area contributed by atoms with Crippen LogP contribution in [0.15, 0.2) is 23.6 Å². The molecule has 2 N–H and O–H groups in total. The van der Waals surface area contributed by atoms with Crippen LogP contribution < -0.4 is 5.73 Å². The van der Waals surface area contributed by atoms with E-state index in [4.69, 9.17) is 17.3 Å². The van der Waals surface area contributed by atoms with E-state index >= 15 is 0 Å². The Morgan fingerprint density at radius 1 is 1.43 bits per heavy atom. The number of halogens is 1.